The molecule has 0 saturated heterocycles. The van der Waals surface area contributed by atoms with Gasteiger partial charge in [-0.25, -0.2) is 9.78 Å². The van der Waals surface area contributed by atoms with E-state index in [2.05, 4.69) is 20.9 Å². The molecule has 2 aromatic rings. The van der Waals surface area contributed by atoms with Crippen molar-refractivity contribution in [3.05, 3.63) is 34.2 Å². The molecular formula is C9H7BrN2O2. The predicted molar refractivity (Wildman–Crippen MR) is 54.6 cm³/mol. The summed E-state index contributed by atoms with van der Waals surface area (Å²) in [6.07, 6.45) is 1.70. The van der Waals surface area contributed by atoms with Crippen LogP contribution >= 0.6 is 15.9 Å². The van der Waals surface area contributed by atoms with E-state index in [0.29, 0.717) is 5.65 Å². The molecule has 2 aromatic heterocycles. The molecule has 5 heteroatoms. The van der Waals surface area contributed by atoms with Crippen LogP contribution < -0.4 is 0 Å². The number of aromatic carboxylic acids is 1. The number of rotatable bonds is 1. The van der Waals surface area contributed by atoms with E-state index in [1.165, 1.54) is 0 Å². The fraction of sp³-hybridized carbons (Fsp3) is 0.111. The Balaban J connectivity index is 2.73. The summed E-state index contributed by atoms with van der Waals surface area (Å²) in [5, 5.41) is 8.77. The van der Waals surface area contributed by atoms with Gasteiger partial charge in [-0.05, 0) is 35.0 Å². The number of fused-ring (bicyclic) bond motifs is 1. The maximum atomic E-state index is 10.7. The van der Waals surface area contributed by atoms with Crippen molar-refractivity contribution in [3.63, 3.8) is 0 Å². The second-order valence-corrected chi connectivity index (χ2v) is 3.69. The third kappa shape index (κ3) is 1.29. The second kappa shape index (κ2) is 3.09. The SMILES string of the molecule is Cc1c(Br)nc2cc(C(=O)O)ccn12. The quantitative estimate of drug-likeness (QED) is 0.848. The molecule has 14 heavy (non-hydrogen) atoms. The van der Waals surface area contributed by atoms with Crippen molar-refractivity contribution in [2.75, 3.05) is 0 Å². The van der Waals surface area contributed by atoms with E-state index in [4.69, 9.17) is 5.11 Å². The molecule has 0 fully saturated rings. The highest BCUT2D eigenvalue weighted by atomic mass is 79.9. The first-order valence-electron chi connectivity index (χ1n) is 3.97. The van der Waals surface area contributed by atoms with Gasteiger partial charge in [0.15, 0.2) is 0 Å². The van der Waals surface area contributed by atoms with Gasteiger partial charge in [0.05, 0.1) is 11.3 Å². The van der Waals surface area contributed by atoms with Crippen LogP contribution in [-0.2, 0) is 0 Å². The molecule has 0 aliphatic carbocycles. The van der Waals surface area contributed by atoms with Gasteiger partial charge in [0.25, 0.3) is 0 Å². The van der Waals surface area contributed by atoms with Crippen LogP contribution in [0, 0.1) is 6.92 Å². The predicted octanol–water partition coefficient (Wildman–Crippen LogP) is 2.10. The molecule has 0 aromatic carbocycles. The number of hydrogen-bond acceptors (Lipinski definition) is 2. The van der Waals surface area contributed by atoms with Crippen LogP contribution in [0.4, 0.5) is 0 Å². The molecule has 0 spiro atoms. The van der Waals surface area contributed by atoms with Gasteiger partial charge in [-0.1, -0.05) is 0 Å². The lowest BCUT2D eigenvalue weighted by molar-refractivity contribution is 0.0697. The van der Waals surface area contributed by atoms with Gasteiger partial charge in [0.2, 0.25) is 0 Å². The van der Waals surface area contributed by atoms with E-state index < -0.39 is 5.97 Å². The molecule has 0 unspecified atom stereocenters. The fourth-order valence-corrected chi connectivity index (χ4v) is 1.64. The van der Waals surface area contributed by atoms with Crippen molar-refractivity contribution in [1.29, 1.82) is 0 Å². The maximum Gasteiger partial charge on any atom is 0.335 e. The average molecular weight is 255 g/mol. The van der Waals surface area contributed by atoms with Gasteiger partial charge in [0.1, 0.15) is 10.3 Å². The minimum absolute atomic E-state index is 0.245. The molecule has 4 nitrogen and oxygen atoms in total. The Hall–Kier alpha value is -1.36. The van der Waals surface area contributed by atoms with Gasteiger partial charge < -0.3 is 9.51 Å². The highest BCUT2D eigenvalue weighted by Gasteiger charge is 2.08. The first-order chi connectivity index (χ1) is 6.59. The highest BCUT2D eigenvalue weighted by molar-refractivity contribution is 9.10. The summed E-state index contributed by atoms with van der Waals surface area (Å²) in [7, 11) is 0. The summed E-state index contributed by atoms with van der Waals surface area (Å²) >= 11 is 3.29. The smallest absolute Gasteiger partial charge is 0.335 e. The normalized spacial score (nSPS) is 10.7. The summed E-state index contributed by atoms with van der Waals surface area (Å²) in [4.78, 5) is 14.9. The number of pyridine rings is 1. The summed E-state index contributed by atoms with van der Waals surface area (Å²) < 4.78 is 2.57. The zero-order valence-corrected chi connectivity index (χ0v) is 8.95. The van der Waals surface area contributed by atoms with E-state index in [-0.39, 0.29) is 5.56 Å². The summed E-state index contributed by atoms with van der Waals surface area (Å²) in [5.41, 5.74) is 1.83. The second-order valence-electron chi connectivity index (χ2n) is 2.94. The van der Waals surface area contributed by atoms with Crippen LogP contribution in [0.1, 0.15) is 16.1 Å². The molecule has 2 rings (SSSR count). The molecule has 72 valence electrons. The number of imidazole rings is 1. The van der Waals surface area contributed by atoms with E-state index in [1.807, 2.05) is 11.3 Å². The number of aromatic nitrogens is 2. The molecule has 0 aliphatic rings. The molecule has 0 atom stereocenters. The van der Waals surface area contributed by atoms with E-state index in [9.17, 15) is 4.79 Å². The molecule has 0 bridgehead atoms. The van der Waals surface area contributed by atoms with Gasteiger partial charge in [0, 0.05) is 6.20 Å². The van der Waals surface area contributed by atoms with Crippen LogP contribution in [0.5, 0.6) is 0 Å². The first kappa shape index (κ1) is 9.21. The standard InChI is InChI=1S/C9H7BrN2O2/c1-5-8(10)11-7-4-6(9(13)14)2-3-12(5)7/h2-4H,1H3,(H,13,14). The van der Waals surface area contributed by atoms with Gasteiger partial charge >= 0.3 is 5.97 Å². The number of carboxylic acids is 1. The average Bonchev–Trinajstić information content (AvgIpc) is 2.42. The lowest BCUT2D eigenvalue weighted by Gasteiger charge is -1.97. The maximum absolute atomic E-state index is 10.7. The molecule has 0 aliphatic heterocycles. The lowest BCUT2D eigenvalue weighted by atomic mass is 10.3. The third-order valence-electron chi connectivity index (χ3n) is 2.05. The fourth-order valence-electron chi connectivity index (χ4n) is 1.27. The molecule has 1 N–H and O–H groups in total. The minimum atomic E-state index is -0.940. The molecule has 0 amide bonds. The molecular weight excluding hydrogens is 248 g/mol. The van der Waals surface area contributed by atoms with E-state index in [0.717, 1.165) is 10.3 Å². The molecule has 0 saturated carbocycles. The largest absolute Gasteiger partial charge is 0.478 e. The Morgan fingerprint density at radius 1 is 1.64 bits per heavy atom. The summed E-state index contributed by atoms with van der Waals surface area (Å²) in [6, 6.07) is 3.09. The Bertz CT molecular complexity index is 519. The van der Waals surface area contributed by atoms with Gasteiger partial charge in [-0.2, -0.15) is 0 Å². The Labute approximate surface area is 88.3 Å². The van der Waals surface area contributed by atoms with Crippen LogP contribution in [0.2, 0.25) is 0 Å². The monoisotopic (exact) mass is 254 g/mol. The Kier molecular flexibility index (Phi) is 2.03. The van der Waals surface area contributed by atoms with Crippen molar-refractivity contribution in [2.45, 2.75) is 6.92 Å². The van der Waals surface area contributed by atoms with E-state index in [1.54, 1.807) is 18.3 Å². The number of carbonyl (C=O) groups is 1. The van der Waals surface area contributed by atoms with Crippen molar-refractivity contribution in [2.24, 2.45) is 0 Å². The number of aryl methyl sites for hydroxylation is 1. The van der Waals surface area contributed by atoms with E-state index >= 15 is 0 Å². The first-order valence-corrected chi connectivity index (χ1v) is 4.76. The number of hydrogen-bond donors (Lipinski definition) is 1. The zero-order valence-electron chi connectivity index (χ0n) is 7.36. The van der Waals surface area contributed by atoms with Crippen LogP contribution in [0.25, 0.3) is 5.65 Å². The van der Waals surface area contributed by atoms with Crippen LogP contribution in [0.15, 0.2) is 22.9 Å². The minimum Gasteiger partial charge on any atom is -0.478 e. The summed E-state index contributed by atoms with van der Waals surface area (Å²) in [5.74, 6) is -0.940. The van der Waals surface area contributed by atoms with Crippen LogP contribution in [0.3, 0.4) is 0 Å². The summed E-state index contributed by atoms with van der Waals surface area (Å²) in [6.45, 7) is 1.91. The lowest BCUT2D eigenvalue weighted by Crippen LogP contribution is -1.97. The number of carboxylic acid groups (broad SMARTS) is 1. The van der Waals surface area contributed by atoms with Crippen molar-refractivity contribution in [1.82, 2.24) is 9.38 Å². The van der Waals surface area contributed by atoms with Crippen molar-refractivity contribution >= 4 is 27.5 Å². The topological polar surface area (TPSA) is 54.6 Å². The van der Waals surface area contributed by atoms with Crippen molar-refractivity contribution in [3.8, 4) is 0 Å². The Morgan fingerprint density at radius 2 is 2.36 bits per heavy atom. The Morgan fingerprint density at radius 3 is 3.00 bits per heavy atom. The van der Waals surface area contributed by atoms with Crippen LogP contribution in [-0.4, -0.2) is 20.5 Å². The molecule has 2 heterocycles. The molecule has 0 radical (unpaired) electrons. The number of halogens is 1. The zero-order chi connectivity index (χ0) is 10.3. The number of nitrogens with zero attached hydrogens (tertiary/aromatic N) is 2. The highest BCUT2D eigenvalue weighted by Crippen LogP contribution is 2.17. The van der Waals surface area contributed by atoms with Gasteiger partial charge in [-0.3, -0.25) is 0 Å². The third-order valence-corrected chi connectivity index (χ3v) is 2.81. The van der Waals surface area contributed by atoms with Crippen molar-refractivity contribution < 1.29 is 9.90 Å². The van der Waals surface area contributed by atoms with Gasteiger partial charge in [-0.15, -0.1) is 0 Å².